The van der Waals surface area contributed by atoms with Gasteiger partial charge in [-0.05, 0) is 43.5 Å². The van der Waals surface area contributed by atoms with Gasteiger partial charge in [0, 0.05) is 0 Å². The fourth-order valence-electron chi connectivity index (χ4n) is 1.49. The number of nitrogens with zero attached hydrogens (tertiary/aromatic N) is 3. The molecular weight excluding hydrogens is 379 g/mol. The quantitative estimate of drug-likeness (QED) is 0.786. The van der Waals surface area contributed by atoms with Gasteiger partial charge in [0.15, 0.2) is 4.73 Å². The minimum Gasteiger partial charge on any atom is -0.235 e. The third-order valence-corrected chi connectivity index (χ3v) is 3.17. The molecule has 8 heteroatoms. The van der Waals surface area contributed by atoms with Gasteiger partial charge >= 0.3 is 6.18 Å². The minimum atomic E-state index is -4.37. The normalized spacial score (nSPS) is 11.8. The summed E-state index contributed by atoms with van der Waals surface area (Å²) >= 11 is 6.19. The maximum Gasteiger partial charge on any atom is 0.416 e. The van der Waals surface area contributed by atoms with Gasteiger partial charge in [-0.3, -0.25) is 0 Å². The first kappa shape index (κ1) is 13.5. The summed E-state index contributed by atoms with van der Waals surface area (Å²) < 4.78 is 40.4. The molecule has 0 unspecified atom stereocenters. The van der Waals surface area contributed by atoms with Crippen LogP contribution >= 0.6 is 31.9 Å². The van der Waals surface area contributed by atoms with Gasteiger partial charge in [0.25, 0.3) is 0 Å². The molecule has 0 amide bonds. The predicted molar refractivity (Wildman–Crippen MR) is 66.0 cm³/mol. The SMILES string of the molecule is FC(F)(F)c1ccccc1Cn1nc(Br)nc1Br. The Balaban J connectivity index is 2.38. The van der Waals surface area contributed by atoms with Gasteiger partial charge in [-0.15, -0.1) is 5.10 Å². The van der Waals surface area contributed by atoms with Gasteiger partial charge in [-0.25, -0.2) is 4.68 Å². The molecule has 0 spiro atoms. The monoisotopic (exact) mass is 383 g/mol. The van der Waals surface area contributed by atoms with Gasteiger partial charge in [-0.2, -0.15) is 18.2 Å². The van der Waals surface area contributed by atoms with E-state index in [2.05, 4.69) is 41.9 Å². The van der Waals surface area contributed by atoms with Crippen LogP contribution in [0, 0.1) is 0 Å². The van der Waals surface area contributed by atoms with Gasteiger partial charge in [0.05, 0.1) is 12.1 Å². The van der Waals surface area contributed by atoms with Crippen molar-refractivity contribution in [1.82, 2.24) is 14.8 Å². The van der Waals surface area contributed by atoms with E-state index in [1.165, 1.54) is 16.8 Å². The van der Waals surface area contributed by atoms with Gasteiger partial charge in [0.2, 0.25) is 4.73 Å². The second-order valence-corrected chi connectivity index (χ2v) is 4.88. The Hall–Kier alpha value is -0.890. The van der Waals surface area contributed by atoms with Gasteiger partial charge < -0.3 is 0 Å². The average molecular weight is 385 g/mol. The van der Waals surface area contributed by atoms with Crippen molar-refractivity contribution in [3.05, 3.63) is 44.9 Å². The number of hydrogen-bond acceptors (Lipinski definition) is 2. The van der Waals surface area contributed by atoms with Crippen LogP contribution in [0.2, 0.25) is 0 Å². The highest BCUT2D eigenvalue weighted by Crippen LogP contribution is 2.32. The molecule has 0 aliphatic heterocycles. The number of alkyl halides is 3. The predicted octanol–water partition coefficient (Wildman–Crippen LogP) is 3.87. The summed E-state index contributed by atoms with van der Waals surface area (Å²) in [7, 11) is 0. The van der Waals surface area contributed by atoms with E-state index in [1.54, 1.807) is 6.07 Å². The zero-order valence-corrected chi connectivity index (χ0v) is 11.9. The van der Waals surface area contributed by atoms with E-state index in [0.717, 1.165) is 6.07 Å². The van der Waals surface area contributed by atoms with E-state index < -0.39 is 11.7 Å². The van der Waals surface area contributed by atoms with Gasteiger partial charge in [0.1, 0.15) is 0 Å². The van der Waals surface area contributed by atoms with E-state index in [0.29, 0.717) is 9.47 Å². The van der Waals surface area contributed by atoms with Crippen molar-refractivity contribution < 1.29 is 13.2 Å². The maximum atomic E-state index is 12.8. The molecule has 0 saturated carbocycles. The lowest BCUT2D eigenvalue weighted by Crippen LogP contribution is -2.12. The number of rotatable bonds is 2. The summed E-state index contributed by atoms with van der Waals surface area (Å²) in [5.74, 6) is 0. The summed E-state index contributed by atoms with van der Waals surface area (Å²) in [4.78, 5) is 3.90. The van der Waals surface area contributed by atoms with E-state index >= 15 is 0 Å². The Bertz CT molecular complexity index is 566. The Kier molecular flexibility index (Phi) is 3.76. The molecule has 0 radical (unpaired) electrons. The van der Waals surface area contributed by atoms with E-state index in [4.69, 9.17) is 0 Å². The lowest BCUT2D eigenvalue weighted by Gasteiger charge is -2.12. The zero-order valence-electron chi connectivity index (χ0n) is 8.75. The molecule has 1 aromatic carbocycles. The number of benzene rings is 1. The highest BCUT2D eigenvalue weighted by atomic mass is 79.9. The first-order valence-electron chi connectivity index (χ1n) is 4.79. The number of halogens is 5. The fourth-order valence-corrected chi connectivity index (χ4v) is 2.46. The van der Waals surface area contributed by atoms with Crippen LogP contribution in [-0.2, 0) is 12.7 Å². The summed E-state index contributed by atoms with van der Waals surface area (Å²) in [6.07, 6.45) is -4.37. The Morgan fingerprint density at radius 2 is 1.83 bits per heavy atom. The highest BCUT2D eigenvalue weighted by Gasteiger charge is 2.33. The van der Waals surface area contributed by atoms with Crippen LogP contribution in [0.1, 0.15) is 11.1 Å². The van der Waals surface area contributed by atoms with Crippen molar-refractivity contribution in [2.45, 2.75) is 12.7 Å². The lowest BCUT2D eigenvalue weighted by molar-refractivity contribution is -0.138. The fraction of sp³-hybridized carbons (Fsp3) is 0.200. The second kappa shape index (κ2) is 5.00. The summed E-state index contributed by atoms with van der Waals surface area (Å²) in [6, 6.07) is 5.39. The summed E-state index contributed by atoms with van der Waals surface area (Å²) in [6.45, 7) is -0.00509. The zero-order chi connectivity index (χ0) is 13.3. The topological polar surface area (TPSA) is 30.7 Å². The molecule has 18 heavy (non-hydrogen) atoms. The van der Waals surface area contributed by atoms with E-state index in [9.17, 15) is 13.2 Å². The van der Waals surface area contributed by atoms with Crippen molar-refractivity contribution in [1.29, 1.82) is 0 Å². The van der Waals surface area contributed by atoms with Crippen molar-refractivity contribution in [3.8, 4) is 0 Å². The number of hydrogen-bond donors (Lipinski definition) is 0. The molecule has 96 valence electrons. The second-order valence-electron chi connectivity index (χ2n) is 3.46. The van der Waals surface area contributed by atoms with E-state index in [1.807, 2.05) is 0 Å². The van der Waals surface area contributed by atoms with Crippen LogP contribution < -0.4 is 0 Å². The van der Waals surface area contributed by atoms with Crippen molar-refractivity contribution >= 4 is 31.9 Å². The third kappa shape index (κ3) is 2.92. The van der Waals surface area contributed by atoms with Crippen LogP contribution in [0.4, 0.5) is 13.2 Å². The molecule has 3 nitrogen and oxygen atoms in total. The standard InChI is InChI=1S/C10H6Br2F3N3/c11-8-16-9(12)18(17-8)5-6-3-1-2-4-7(6)10(13,14)15/h1-4H,5H2. The highest BCUT2D eigenvalue weighted by molar-refractivity contribution is 9.11. The van der Waals surface area contributed by atoms with Crippen LogP contribution in [0.25, 0.3) is 0 Å². The minimum absolute atomic E-state index is 0.00509. The Morgan fingerprint density at radius 3 is 2.39 bits per heavy atom. The molecule has 0 aliphatic carbocycles. The number of aromatic nitrogens is 3. The molecular formula is C10H6Br2F3N3. The molecule has 0 fully saturated rings. The smallest absolute Gasteiger partial charge is 0.235 e. The largest absolute Gasteiger partial charge is 0.416 e. The maximum absolute atomic E-state index is 12.8. The van der Waals surface area contributed by atoms with E-state index in [-0.39, 0.29) is 12.1 Å². The third-order valence-electron chi connectivity index (χ3n) is 2.24. The first-order chi connectivity index (χ1) is 8.38. The van der Waals surface area contributed by atoms with Crippen molar-refractivity contribution in [2.24, 2.45) is 0 Å². The van der Waals surface area contributed by atoms with Gasteiger partial charge in [-0.1, -0.05) is 18.2 Å². The lowest BCUT2D eigenvalue weighted by atomic mass is 10.1. The Morgan fingerprint density at radius 1 is 1.17 bits per heavy atom. The molecule has 2 aromatic rings. The Labute approximate surface area is 117 Å². The van der Waals surface area contributed by atoms with Crippen LogP contribution in [0.15, 0.2) is 33.7 Å². The van der Waals surface area contributed by atoms with Crippen LogP contribution in [0.5, 0.6) is 0 Å². The molecule has 1 aromatic heterocycles. The molecule has 2 rings (SSSR count). The molecule has 0 bridgehead atoms. The molecule has 1 heterocycles. The summed E-state index contributed by atoms with van der Waals surface area (Å²) in [5.41, 5.74) is -0.522. The van der Waals surface area contributed by atoms with Crippen molar-refractivity contribution in [2.75, 3.05) is 0 Å². The summed E-state index contributed by atoms with van der Waals surface area (Å²) in [5, 5.41) is 3.94. The average Bonchev–Trinajstić information content (AvgIpc) is 2.57. The van der Waals surface area contributed by atoms with Crippen molar-refractivity contribution in [3.63, 3.8) is 0 Å². The molecule has 0 atom stereocenters. The molecule has 0 aliphatic rings. The first-order valence-corrected chi connectivity index (χ1v) is 6.37. The van der Waals surface area contributed by atoms with Crippen LogP contribution in [-0.4, -0.2) is 14.8 Å². The molecule has 0 N–H and O–H groups in total. The molecule has 0 saturated heterocycles. The van der Waals surface area contributed by atoms with Crippen LogP contribution in [0.3, 0.4) is 0 Å².